The van der Waals surface area contributed by atoms with Crippen molar-refractivity contribution in [1.82, 2.24) is 15.3 Å². The molecule has 0 radical (unpaired) electrons. The van der Waals surface area contributed by atoms with Gasteiger partial charge in [-0.3, -0.25) is 4.79 Å². The van der Waals surface area contributed by atoms with Crippen molar-refractivity contribution >= 4 is 16.9 Å². The van der Waals surface area contributed by atoms with E-state index in [1.807, 2.05) is 0 Å². The Morgan fingerprint density at radius 2 is 2.33 bits per heavy atom. The van der Waals surface area contributed by atoms with Gasteiger partial charge in [0, 0.05) is 13.0 Å². The van der Waals surface area contributed by atoms with Gasteiger partial charge in [-0.05, 0) is 31.5 Å². The van der Waals surface area contributed by atoms with Crippen molar-refractivity contribution in [2.24, 2.45) is 5.73 Å². The molecule has 0 bridgehead atoms. The number of halogens is 1. The lowest BCUT2D eigenvalue weighted by Gasteiger charge is -2.14. The highest BCUT2D eigenvalue weighted by Crippen LogP contribution is 2.13. The summed E-state index contributed by atoms with van der Waals surface area (Å²) in [7, 11) is 0. The highest BCUT2D eigenvalue weighted by atomic mass is 19.1. The van der Waals surface area contributed by atoms with Crippen LogP contribution in [0, 0.1) is 5.82 Å². The molecule has 7 heteroatoms. The Hall–Kier alpha value is -1.99. The van der Waals surface area contributed by atoms with Crippen molar-refractivity contribution in [2.45, 2.75) is 31.9 Å². The number of aliphatic hydroxyl groups excluding tert-OH is 1. The number of benzene rings is 1. The van der Waals surface area contributed by atoms with Crippen molar-refractivity contribution in [3.8, 4) is 0 Å². The minimum Gasteiger partial charge on any atom is -0.391 e. The largest absolute Gasteiger partial charge is 0.391 e. The summed E-state index contributed by atoms with van der Waals surface area (Å²) in [4.78, 5) is 18.9. The third kappa shape index (κ3) is 3.99. The lowest BCUT2D eigenvalue weighted by atomic mass is 10.2. The van der Waals surface area contributed by atoms with E-state index in [1.165, 1.54) is 19.1 Å². The van der Waals surface area contributed by atoms with Crippen LogP contribution in [0.3, 0.4) is 0 Å². The number of carbonyl (C=O) groups excluding carboxylic acids is 1. The Balaban J connectivity index is 1.81. The molecule has 114 valence electrons. The lowest BCUT2D eigenvalue weighted by molar-refractivity contribution is -0.124. The van der Waals surface area contributed by atoms with Gasteiger partial charge in [-0.2, -0.15) is 0 Å². The number of nitrogens with one attached hydrogen (secondary N) is 2. The van der Waals surface area contributed by atoms with Crippen LogP contribution in [0.15, 0.2) is 18.2 Å². The normalized spacial score (nSPS) is 14.1. The zero-order valence-corrected chi connectivity index (χ0v) is 11.8. The molecule has 0 aliphatic carbocycles. The summed E-state index contributed by atoms with van der Waals surface area (Å²) in [5, 5.41) is 11.8. The summed E-state index contributed by atoms with van der Waals surface area (Å²) in [5.74, 6) is 0.0541. The van der Waals surface area contributed by atoms with Crippen LogP contribution >= 0.6 is 0 Å². The first-order chi connectivity index (χ1) is 9.97. The van der Waals surface area contributed by atoms with Crippen LogP contribution in [0.1, 0.15) is 19.2 Å². The van der Waals surface area contributed by atoms with Crippen LogP contribution in [0.25, 0.3) is 11.0 Å². The van der Waals surface area contributed by atoms with Crippen LogP contribution in [0.5, 0.6) is 0 Å². The molecule has 0 unspecified atom stereocenters. The maximum atomic E-state index is 13.1. The highest BCUT2D eigenvalue weighted by Gasteiger charge is 2.17. The van der Waals surface area contributed by atoms with E-state index in [2.05, 4.69) is 15.3 Å². The third-order valence-corrected chi connectivity index (χ3v) is 3.21. The number of rotatable bonds is 6. The Bertz CT molecular complexity index is 626. The van der Waals surface area contributed by atoms with Gasteiger partial charge in [0.25, 0.3) is 0 Å². The number of H-pyrrole nitrogens is 1. The van der Waals surface area contributed by atoms with Crippen LogP contribution in [-0.4, -0.2) is 39.7 Å². The molecular formula is C14H19FN4O2. The number of nitrogens with zero attached hydrogens (tertiary/aromatic N) is 1. The fourth-order valence-electron chi connectivity index (χ4n) is 1.96. The van der Waals surface area contributed by atoms with Gasteiger partial charge in [-0.25, -0.2) is 9.37 Å². The predicted octanol–water partition coefficient (Wildman–Crippen LogP) is 0.459. The molecule has 1 amide bonds. The summed E-state index contributed by atoms with van der Waals surface area (Å²) >= 11 is 0. The molecule has 21 heavy (non-hydrogen) atoms. The van der Waals surface area contributed by atoms with Gasteiger partial charge >= 0.3 is 0 Å². The monoisotopic (exact) mass is 294 g/mol. The SMILES string of the molecule is C[C@@H](O)[C@H](N)C(=O)NCCCc1nc2ccc(F)cc2[nH]1. The second-order valence-corrected chi connectivity index (χ2v) is 5.01. The predicted molar refractivity (Wildman–Crippen MR) is 77.0 cm³/mol. The molecule has 0 spiro atoms. The number of amides is 1. The number of hydrogen-bond donors (Lipinski definition) is 4. The molecule has 1 heterocycles. The van der Waals surface area contributed by atoms with Gasteiger partial charge in [0.15, 0.2) is 0 Å². The maximum Gasteiger partial charge on any atom is 0.239 e. The Labute approximate surface area is 121 Å². The first-order valence-corrected chi connectivity index (χ1v) is 6.83. The minimum atomic E-state index is -0.917. The maximum absolute atomic E-state index is 13.1. The number of aliphatic hydroxyl groups is 1. The molecule has 0 fully saturated rings. The van der Waals surface area contributed by atoms with Crippen LogP contribution < -0.4 is 11.1 Å². The smallest absolute Gasteiger partial charge is 0.239 e. The van der Waals surface area contributed by atoms with Crippen LogP contribution in [-0.2, 0) is 11.2 Å². The van der Waals surface area contributed by atoms with Crippen molar-refractivity contribution in [3.63, 3.8) is 0 Å². The number of aryl methyl sites for hydroxylation is 1. The zero-order chi connectivity index (χ0) is 15.4. The molecular weight excluding hydrogens is 275 g/mol. The van der Waals surface area contributed by atoms with E-state index in [0.717, 1.165) is 5.82 Å². The molecule has 2 atom stereocenters. The lowest BCUT2D eigenvalue weighted by Crippen LogP contribution is -2.47. The average molecular weight is 294 g/mol. The molecule has 5 N–H and O–H groups in total. The average Bonchev–Trinajstić information content (AvgIpc) is 2.84. The summed E-state index contributed by atoms with van der Waals surface area (Å²) < 4.78 is 13.1. The Morgan fingerprint density at radius 1 is 1.57 bits per heavy atom. The topological polar surface area (TPSA) is 104 Å². The quantitative estimate of drug-likeness (QED) is 0.581. The first kappa shape index (κ1) is 15.4. The van der Waals surface area contributed by atoms with Crippen LogP contribution in [0.4, 0.5) is 4.39 Å². The molecule has 0 aliphatic heterocycles. The number of aromatic amines is 1. The minimum absolute atomic E-state index is 0.308. The van der Waals surface area contributed by atoms with E-state index >= 15 is 0 Å². The van der Waals surface area contributed by atoms with Crippen molar-refractivity contribution in [1.29, 1.82) is 0 Å². The van der Waals surface area contributed by atoms with Crippen molar-refractivity contribution in [3.05, 3.63) is 29.8 Å². The van der Waals surface area contributed by atoms with Gasteiger partial charge in [-0.1, -0.05) is 0 Å². The van der Waals surface area contributed by atoms with E-state index in [9.17, 15) is 14.3 Å². The zero-order valence-electron chi connectivity index (χ0n) is 11.8. The second-order valence-electron chi connectivity index (χ2n) is 5.01. The molecule has 0 aliphatic rings. The van der Waals surface area contributed by atoms with Gasteiger partial charge in [-0.15, -0.1) is 0 Å². The number of carbonyl (C=O) groups is 1. The molecule has 6 nitrogen and oxygen atoms in total. The van der Waals surface area contributed by atoms with Gasteiger partial charge in [0.1, 0.15) is 17.7 Å². The number of aromatic nitrogens is 2. The second kappa shape index (κ2) is 6.64. The number of imidazole rings is 1. The number of nitrogens with two attached hydrogens (primary N) is 1. The third-order valence-electron chi connectivity index (χ3n) is 3.21. The summed E-state index contributed by atoms with van der Waals surface area (Å²) in [6, 6.07) is 3.47. The van der Waals surface area contributed by atoms with Crippen molar-refractivity contribution < 1.29 is 14.3 Å². The standard InChI is InChI=1S/C14H19FN4O2/c1-8(20)13(16)14(21)17-6-2-3-12-18-10-5-4-9(15)7-11(10)19-12/h4-5,7-8,13,20H,2-3,6,16H2,1H3,(H,17,21)(H,18,19)/t8-,13+/m1/s1. The fraction of sp³-hybridized carbons (Fsp3) is 0.429. The Kier molecular flexibility index (Phi) is 4.87. The summed E-state index contributed by atoms with van der Waals surface area (Å²) in [6.45, 7) is 1.91. The molecule has 0 saturated heterocycles. The van der Waals surface area contributed by atoms with E-state index in [4.69, 9.17) is 5.73 Å². The molecule has 1 aromatic heterocycles. The molecule has 1 aromatic carbocycles. The first-order valence-electron chi connectivity index (χ1n) is 6.83. The molecule has 2 rings (SSSR count). The number of hydrogen-bond acceptors (Lipinski definition) is 4. The summed E-state index contributed by atoms with van der Waals surface area (Å²) in [5.41, 5.74) is 6.87. The van der Waals surface area contributed by atoms with E-state index in [-0.39, 0.29) is 11.7 Å². The molecule has 0 saturated carbocycles. The molecule has 2 aromatic rings. The highest BCUT2D eigenvalue weighted by molar-refractivity contribution is 5.82. The Morgan fingerprint density at radius 3 is 3.05 bits per heavy atom. The van der Waals surface area contributed by atoms with E-state index in [1.54, 1.807) is 6.07 Å². The summed E-state index contributed by atoms with van der Waals surface area (Å²) in [6.07, 6.45) is 0.413. The fourth-order valence-corrected chi connectivity index (χ4v) is 1.96. The van der Waals surface area contributed by atoms with Gasteiger partial charge in [0.05, 0.1) is 17.1 Å². The van der Waals surface area contributed by atoms with Gasteiger partial charge < -0.3 is 21.1 Å². The van der Waals surface area contributed by atoms with Crippen molar-refractivity contribution in [2.75, 3.05) is 6.54 Å². The van der Waals surface area contributed by atoms with E-state index in [0.29, 0.717) is 30.4 Å². The van der Waals surface area contributed by atoms with Gasteiger partial charge in [0.2, 0.25) is 5.91 Å². The number of fused-ring (bicyclic) bond motifs is 1. The van der Waals surface area contributed by atoms with E-state index < -0.39 is 12.1 Å². The van der Waals surface area contributed by atoms with Crippen LogP contribution in [0.2, 0.25) is 0 Å².